The summed E-state index contributed by atoms with van der Waals surface area (Å²) in [5.74, 6) is -0.426. The summed E-state index contributed by atoms with van der Waals surface area (Å²) in [4.78, 5) is 12.9. The van der Waals surface area contributed by atoms with Crippen LogP contribution in [0.4, 0.5) is 5.69 Å². The fourth-order valence-corrected chi connectivity index (χ4v) is 2.72. The number of hydrogen-bond acceptors (Lipinski definition) is 3. The molecule has 2 rings (SSSR count). The highest BCUT2D eigenvalue weighted by molar-refractivity contribution is 7.17. The van der Waals surface area contributed by atoms with Crippen molar-refractivity contribution < 1.29 is 4.79 Å². The maximum absolute atomic E-state index is 12.1. The zero-order valence-corrected chi connectivity index (χ0v) is 13.2. The van der Waals surface area contributed by atoms with Gasteiger partial charge in [-0.2, -0.15) is 5.26 Å². The van der Waals surface area contributed by atoms with Gasteiger partial charge >= 0.3 is 0 Å². The summed E-state index contributed by atoms with van der Waals surface area (Å²) in [6, 6.07) is 11.0. The largest absolute Gasteiger partial charge is 0.321 e. The maximum atomic E-state index is 12.1. The number of rotatable bonds is 3. The van der Waals surface area contributed by atoms with E-state index in [-0.39, 0.29) is 5.57 Å². The molecule has 1 amide bonds. The van der Waals surface area contributed by atoms with Crippen molar-refractivity contribution >= 4 is 40.6 Å². The van der Waals surface area contributed by atoms with Crippen molar-refractivity contribution in [3.63, 3.8) is 0 Å². The second-order valence-electron chi connectivity index (χ2n) is 4.56. The molecule has 0 unspecified atom stereocenters. The van der Waals surface area contributed by atoms with E-state index in [0.29, 0.717) is 10.0 Å². The van der Waals surface area contributed by atoms with Gasteiger partial charge in [-0.15, -0.1) is 11.3 Å². The second-order valence-corrected chi connectivity index (χ2v) is 6.31. The number of thiophene rings is 1. The minimum atomic E-state index is -0.426. The van der Waals surface area contributed by atoms with Crippen molar-refractivity contribution in [2.75, 3.05) is 5.32 Å². The van der Waals surface area contributed by atoms with Gasteiger partial charge < -0.3 is 5.32 Å². The van der Waals surface area contributed by atoms with Crippen LogP contribution in [0.3, 0.4) is 0 Å². The van der Waals surface area contributed by atoms with E-state index in [2.05, 4.69) is 5.32 Å². The van der Waals surface area contributed by atoms with Crippen LogP contribution in [0.2, 0.25) is 4.34 Å². The Bertz CT molecular complexity index is 756. The molecular formula is C16H13ClN2OS. The smallest absolute Gasteiger partial charge is 0.266 e. The third-order valence-electron chi connectivity index (χ3n) is 3.01. The van der Waals surface area contributed by atoms with Crippen molar-refractivity contribution in [3.8, 4) is 6.07 Å². The number of carbonyl (C=O) groups excluding carboxylic acids is 1. The Morgan fingerprint density at radius 1 is 1.29 bits per heavy atom. The number of benzene rings is 1. The van der Waals surface area contributed by atoms with Crippen LogP contribution in [-0.4, -0.2) is 5.91 Å². The molecule has 21 heavy (non-hydrogen) atoms. The zero-order chi connectivity index (χ0) is 15.4. The molecule has 0 bridgehead atoms. The first-order valence-corrected chi connectivity index (χ1v) is 7.45. The number of halogens is 1. The van der Waals surface area contributed by atoms with E-state index in [9.17, 15) is 4.79 Å². The van der Waals surface area contributed by atoms with Crippen molar-refractivity contribution in [3.05, 3.63) is 56.2 Å². The van der Waals surface area contributed by atoms with Gasteiger partial charge in [-0.25, -0.2) is 0 Å². The molecule has 0 saturated heterocycles. The average molecular weight is 317 g/mol. The number of nitrogens with zero attached hydrogens (tertiary/aromatic N) is 1. The third kappa shape index (κ3) is 3.94. The fraction of sp³-hybridized carbons (Fsp3) is 0.125. The Hall–Kier alpha value is -2.09. The summed E-state index contributed by atoms with van der Waals surface area (Å²) < 4.78 is 0.619. The molecule has 0 aliphatic rings. The van der Waals surface area contributed by atoms with Gasteiger partial charge in [0.05, 0.1) is 4.34 Å². The monoisotopic (exact) mass is 316 g/mol. The van der Waals surface area contributed by atoms with Gasteiger partial charge in [0.25, 0.3) is 5.91 Å². The van der Waals surface area contributed by atoms with E-state index in [1.165, 1.54) is 17.4 Å². The zero-order valence-electron chi connectivity index (χ0n) is 11.6. The first-order chi connectivity index (χ1) is 9.99. The molecule has 0 aliphatic carbocycles. The first kappa shape index (κ1) is 15.3. The summed E-state index contributed by atoms with van der Waals surface area (Å²) in [6.45, 7) is 3.97. The number of nitrogens with one attached hydrogen (secondary N) is 1. The molecule has 1 aromatic carbocycles. The molecule has 0 atom stereocenters. The molecule has 0 aliphatic heterocycles. The van der Waals surface area contributed by atoms with Gasteiger partial charge in [0.15, 0.2) is 0 Å². The minimum absolute atomic E-state index is 0.0479. The molecule has 106 valence electrons. The van der Waals surface area contributed by atoms with Crippen LogP contribution in [0.15, 0.2) is 35.9 Å². The number of carbonyl (C=O) groups is 1. The number of aryl methyl sites for hydroxylation is 2. The van der Waals surface area contributed by atoms with Crippen molar-refractivity contribution in [1.29, 1.82) is 5.26 Å². The highest BCUT2D eigenvalue weighted by Gasteiger charge is 2.10. The van der Waals surface area contributed by atoms with E-state index < -0.39 is 5.91 Å². The maximum Gasteiger partial charge on any atom is 0.266 e. The molecule has 0 radical (unpaired) electrons. The van der Waals surface area contributed by atoms with Gasteiger partial charge in [0.2, 0.25) is 0 Å². The van der Waals surface area contributed by atoms with Crippen molar-refractivity contribution in [2.24, 2.45) is 0 Å². The third-order valence-corrected chi connectivity index (χ3v) is 4.19. The Balaban J connectivity index is 2.19. The van der Waals surface area contributed by atoms with Crippen LogP contribution in [0, 0.1) is 25.2 Å². The van der Waals surface area contributed by atoms with Crippen LogP contribution in [0.1, 0.15) is 16.0 Å². The summed E-state index contributed by atoms with van der Waals surface area (Å²) in [5.41, 5.74) is 2.96. The summed E-state index contributed by atoms with van der Waals surface area (Å²) in [6.07, 6.45) is 1.53. The van der Waals surface area contributed by atoms with Crippen LogP contribution < -0.4 is 5.32 Å². The quantitative estimate of drug-likeness (QED) is 0.666. The average Bonchev–Trinajstić information content (AvgIpc) is 2.85. The lowest BCUT2D eigenvalue weighted by Gasteiger charge is -2.06. The first-order valence-electron chi connectivity index (χ1n) is 6.25. The molecule has 3 nitrogen and oxygen atoms in total. The molecule has 2 aromatic rings. The van der Waals surface area contributed by atoms with E-state index in [4.69, 9.17) is 16.9 Å². The van der Waals surface area contributed by atoms with Crippen LogP contribution >= 0.6 is 22.9 Å². The highest BCUT2D eigenvalue weighted by atomic mass is 35.5. The molecule has 5 heteroatoms. The Morgan fingerprint density at radius 3 is 2.62 bits per heavy atom. The number of amides is 1. The van der Waals surface area contributed by atoms with E-state index in [1.807, 2.05) is 38.1 Å². The lowest BCUT2D eigenvalue weighted by molar-refractivity contribution is -0.112. The summed E-state index contributed by atoms with van der Waals surface area (Å²) in [5, 5.41) is 11.9. The second kappa shape index (κ2) is 6.57. The topological polar surface area (TPSA) is 52.9 Å². The standard InChI is InChI=1S/C16H13ClN2OS/c1-10-3-4-13(7-11(10)2)19-16(20)12(9-18)8-14-5-6-15(17)21-14/h3-8H,1-2H3,(H,19,20)/b12-8-. The van der Waals surface area contributed by atoms with Crippen LogP contribution in [-0.2, 0) is 4.79 Å². The number of hydrogen-bond donors (Lipinski definition) is 1. The predicted octanol–water partition coefficient (Wildman–Crippen LogP) is 4.56. The van der Waals surface area contributed by atoms with Crippen molar-refractivity contribution in [2.45, 2.75) is 13.8 Å². The molecule has 1 N–H and O–H groups in total. The van der Waals surface area contributed by atoms with Gasteiger partial charge in [-0.05, 0) is 55.3 Å². The Labute approximate surface area is 132 Å². The lowest BCUT2D eigenvalue weighted by atomic mass is 10.1. The van der Waals surface area contributed by atoms with Gasteiger partial charge in [0, 0.05) is 10.6 Å². The van der Waals surface area contributed by atoms with Crippen LogP contribution in [0.5, 0.6) is 0 Å². The number of nitriles is 1. The molecule has 0 saturated carbocycles. The van der Waals surface area contributed by atoms with E-state index >= 15 is 0 Å². The molecule has 0 fully saturated rings. The molecule has 1 heterocycles. The van der Waals surface area contributed by atoms with Gasteiger partial charge in [0.1, 0.15) is 11.6 Å². The van der Waals surface area contributed by atoms with Crippen LogP contribution in [0.25, 0.3) is 6.08 Å². The highest BCUT2D eigenvalue weighted by Crippen LogP contribution is 2.24. The fourth-order valence-electron chi connectivity index (χ4n) is 1.71. The van der Waals surface area contributed by atoms with E-state index in [1.54, 1.807) is 12.1 Å². The van der Waals surface area contributed by atoms with Crippen molar-refractivity contribution in [1.82, 2.24) is 0 Å². The molecule has 1 aromatic heterocycles. The number of anilines is 1. The minimum Gasteiger partial charge on any atom is -0.321 e. The van der Waals surface area contributed by atoms with Gasteiger partial charge in [-0.1, -0.05) is 17.7 Å². The SMILES string of the molecule is Cc1ccc(NC(=O)/C(C#N)=C\c2ccc(Cl)s2)cc1C. The molecular weight excluding hydrogens is 304 g/mol. The summed E-state index contributed by atoms with van der Waals surface area (Å²) >= 11 is 7.15. The predicted molar refractivity (Wildman–Crippen MR) is 87.5 cm³/mol. The van der Waals surface area contributed by atoms with Gasteiger partial charge in [-0.3, -0.25) is 4.79 Å². The Morgan fingerprint density at radius 2 is 2.05 bits per heavy atom. The summed E-state index contributed by atoms with van der Waals surface area (Å²) in [7, 11) is 0. The Kier molecular flexibility index (Phi) is 4.79. The van der Waals surface area contributed by atoms with E-state index in [0.717, 1.165) is 16.0 Å². The normalized spacial score (nSPS) is 11.0. The molecule has 0 spiro atoms. The lowest BCUT2D eigenvalue weighted by Crippen LogP contribution is -2.13.